The number of fused-ring (bicyclic) bond motifs is 1. The van der Waals surface area contributed by atoms with Crippen LogP contribution < -0.4 is 5.43 Å². The van der Waals surface area contributed by atoms with Crippen LogP contribution >= 0.6 is 0 Å². The Bertz CT molecular complexity index is 1030. The average Bonchev–Trinajstić information content (AvgIpc) is 2.66. The second kappa shape index (κ2) is 6.89. The van der Waals surface area contributed by atoms with Crippen molar-refractivity contribution < 1.29 is 8.81 Å². The van der Waals surface area contributed by atoms with Crippen molar-refractivity contribution >= 4 is 16.5 Å². The normalized spacial score (nSPS) is 15.2. The molecule has 1 aromatic heterocycles. The van der Waals surface area contributed by atoms with Crippen LogP contribution in [0.2, 0.25) is 0 Å². The van der Waals surface area contributed by atoms with Crippen molar-refractivity contribution in [3.05, 3.63) is 87.5 Å². The first-order chi connectivity index (χ1) is 12.6. The quantitative estimate of drug-likeness (QED) is 0.697. The summed E-state index contributed by atoms with van der Waals surface area (Å²) in [5, 5.41) is 0.641. The van der Waals surface area contributed by atoms with Gasteiger partial charge in [-0.05, 0) is 48.7 Å². The third-order valence-corrected chi connectivity index (χ3v) is 4.90. The van der Waals surface area contributed by atoms with E-state index >= 15 is 0 Å². The predicted octanol–water partition coefficient (Wildman–Crippen LogP) is 4.53. The molecule has 1 aliphatic heterocycles. The summed E-state index contributed by atoms with van der Waals surface area (Å²) in [5.41, 5.74) is 4.69. The molecule has 0 bridgehead atoms. The van der Waals surface area contributed by atoms with Crippen molar-refractivity contribution in [3.8, 4) is 0 Å². The zero-order chi connectivity index (χ0) is 18.1. The van der Waals surface area contributed by atoms with Crippen molar-refractivity contribution in [2.75, 3.05) is 13.1 Å². The number of hydrogen-bond donors (Lipinski definition) is 0. The lowest BCUT2D eigenvalue weighted by Crippen LogP contribution is -2.30. The standard InChI is InChI=1S/C22H20FNO2/c1-15-2-7-21-20(12-15)22(25)18(14-26-21)13-24-10-8-17(9-11-24)16-3-5-19(23)6-4-16/h2-8,12,14H,9-11,13H2,1H3. The van der Waals surface area contributed by atoms with Crippen molar-refractivity contribution in [2.45, 2.75) is 19.9 Å². The zero-order valence-corrected chi connectivity index (χ0v) is 14.7. The molecule has 2 heterocycles. The summed E-state index contributed by atoms with van der Waals surface area (Å²) in [6.45, 7) is 4.16. The van der Waals surface area contributed by atoms with Gasteiger partial charge in [-0.3, -0.25) is 9.69 Å². The highest BCUT2D eigenvalue weighted by atomic mass is 19.1. The van der Waals surface area contributed by atoms with Crippen LogP contribution in [-0.4, -0.2) is 18.0 Å². The van der Waals surface area contributed by atoms with Crippen LogP contribution in [0, 0.1) is 12.7 Å². The summed E-state index contributed by atoms with van der Waals surface area (Å²) in [4.78, 5) is 15.0. The highest BCUT2D eigenvalue weighted by molar-refractivity contribution is 5.77. The molecule has 0 spiro atoms. The SMILES string of the molecule is Cc1ccc2occ(CN3CC=C(c4ccc(F)cc4)CC3)c(=O)c2c1. The van der Waals surface area contributed by atoms with E-state index in [2.05, 4.69) is 11.0 Å². The molecule has 0 saturated carbocycles. The molecule has 3 aromatic rings. The van der Waals surface area contributed by atoms with Gasteiger partial charge in [-0.2, -0.15) is 0 Å². The van der Waals surface area contributed by atoms with Gasteiger partial charge in [0.1, 0.15) is 11.4 Å². The Morgan fingerprint density at radius 1 is 1.15 bits per heavy atom. The Hall–Kier alpha value is -2.72. The molecule has 0 aliphatic carbocycles. The van der Waals surface area contributed by atoms with Crippen LogP contribution in [0.1, 0.15) is 23.1 Å². The smallest absolute Gasteiger partial charge is 0.197 e. The number of benzene rings is 2. The Kier molecular flexibility index (Phi) is 4.43. The van der Waals surface area contributed by atoms with Gasteiger partial charge in [0.2, 0.25) is 0 Å². The molecular formula is C22H20FNO2. The fraction of sp³-hybridized carbons (Fsp3) is 0.227. The Morgan fingerprint density at radius 3 is 2.69 bits per heavy atom. The second-order valence-electron chi connectivity index (χ2n) is 6.81. The van der Waals surface area contributed by atoms with E-state index in [0.29, 0.717) is 23.1 Å². The van der Waals surface area contributed by atoms with Gasteiger partial charge in [0.05, 0.1) is 11.6 Å². The minimum absolute atomic E-state index is 0.0447. The van der Waals surface area contributed by atoms with Crippen LogP contribution in [-0.2, 0) is 6.54 Å². The largest absolute Gasteiger partial charge is 0.464 e. The van der Waals surface area contributed by atoms with E-state index in [0.717, 1.165) is 30.6 Å². The maximum absolute atomic E-state index is 13.1. The molecular weight excluding hydrogens is 329 g/mol. The van der Waals surface area contributed by atoms with Crippen molar-refractivity contribution in [1.29, 1.82) is 0 Å². The molecule has 132 valence electrons. The van der Waals surface area contributed by atoms with Crippen molar-refractivity contribution in [3.63, 3.8) is 0 Å². The maximum atomic E-state index is 13.1. The molecule has 0 N–H and O–H groups in total. The molecule has 0 atom stereocenters. The molecule has 0 amide bonds. The Balaban J connectivity index is 1.52. The van der Waals surface area contributed by atoms with E-state index in [1.807, 2.05) is 37.3 Å². The van der Waals surface area contributed by atoms with Crippen LogP contribution in [0.15, 0.2) is 64.0 Å². The fourth-order valence-corrected chi connectivity index (χ4v) is 3.42. The first-order valence-corrected chi connectivity index (χ1v) is 8.78. The monoisotopic (exact) mass is 349 g/mol. The maximum Gasteiger partial charge on any atom is 0.197 e. The van der Waals surface area contributed by atoms with Gasteiger partial charge in [0, 0.05) is 25.2 Å². The molecule has 26 heavy (non-hydrogen) atoms. The number of rotatable bonds is 3. The first-order valence-electron chi connectivity index (χ1n) is 8.78. The van der Waals surface area contributed by atoms with E-state index < -0.39 is 0 Å². The average molecular weight is 349 g/mol. The van der Waals surface area contributed by atoms with Gasteiger partial charge in [0.15, 0.2) is 5.43 Å². The molecule has 4 rings (SSSR count). The van der Waals surface area contributed by atoms with Crippen LogP contribution in [0.5, 0.6) is 0 Å². The molecule has 3 nitrogen and oxygen atoms in total. The van der Waals surface area contributed by atoms with Crippen LogP contribution in [0.4, 0.5) is 4.39 Å². The predicted molar refractivity (Wildman–Crippen MR) is 101 cm³/mol. The third-order valence-electron chi connectivity index (χ3n) is 4.90. The van der Waals surface area contributed by atoms with Crippen molar-refractivity contribution in [2.24, 2.45) is 0 Å². The van der Waals surface area contributed by atoms with E-state index in [9.17, 15) is 9.18 Å². The van der Waals surface area contributed by atoms with Gasteiger partial charge in [-0.1, -0.05) is 29.8 Å². The van der Waals surface area contributed by atoms with Crippen LogP contribution in [0.3, 0.4) is 0 Å². The minimum Gasteiger partial charge on any atom is -0.464 e. The molecule has 2 aromatic carbocycles. The minimum atomic E-state index is -0.218. The molecule has 0 radical (unpaired) electrons. The lowest BCUT2D eigenvalue weighted by Gasteiger charge is -2.26. The van der Waals surface area contributed by atoms with Crippen LogP contribution in [0.25, 0.3) is 16.5 Å². The summed E-state index contributed by atoms with van der Waals surface area (Å²) in [7, 11) is 0. The summed E-state index contributed by atoms with van der Waals surface area (Å²) < 4.78 is 18.7. The topological polar surface area (TPSA) is 33.5 Å². The van der Waals surface area contributed by atoms with Gasteiger partial charge in [-0.15, -0.1) is 0 Å². The van der Waals surface area contributed by atoms with Gasteiger partial charge in [0.25, 0.3) is 0 Å². The highest BCUT2D eigenvalue weighted by Gasteiger charge is 2.16. The first kappa shape index (κ1) is 16.7. The second-order valence-corrected chi connectivity index (χ2v) is 6.81. The van der Waals surface area contributed by atoms with E-state index in [1.54, 1.807) is 6.26 Å². The van der Waals surface area contributed by atoms with Gasteiger partial charge < -0.3 is 4.42 Å². The van der Waals surface area contributed by atoms with Gasteiger partial charge in [-0.25, -0.2) is 4.39 Å². The number of aryl methyl sites for hydroxylation is 1. The van der Waals surface area contributed by atoms with E-state index in [-0.39, 0.29) is 11.2 Å². The summed E-state index contributed by atoms with van der Waals surface area (Å²) >= 11 is 0. The molecule has 4 heteroatoms. The van der Waals surface area contributed by atoms with E-state index in [1.165, 1.54) is 17.7 Å². The van der Waals surface area contributed by atoms with E-state index in [4.69, 9.17) is 4.42 Å². The third kappa shape index (κ3) is 3.33. The lowest BCUT2D eigenvalue weighted by molar-refractivity contribution is 0.291. The number of halogens is 1. The lowest BCUT2D eigenvalue weighted by atomic mass is 9.99. The summed E-state index contributed by atoms with van der Waals surface area (Å²) in [6, 6.07) is 12.3. The molecule has 0 unspecified atom stereocenters. The van der Waals surface area contributed by atoms with Crippen molar-refractivity contribution in [1.82, 2.24) is 4.90 Å². The zero-order valence-electron chi connectivity index (χ0n) is 14.7. The molecule has 0 saturated heterocycles. The molecule has 0 fully saturated rings. The Morgan fingerprint density at radius 2 is 1.96 bits per heavy atom. The van der Waals surface area contributed by atoms with Gasteiger partial charge >= 0.3 is 0 Å². The number of hydrogen-bond acceptors (Lipinski definition) is 3. The molecule has 1 aliphatic rings. The highest BCUT2D eigenvalue weighted by Crippen LogP contribution is 2.23. The number of nitrogens with zero attached hydrogens (tertiary/aromatic N) is 1. The summed E-state index contributed by atoms with van der Waals surface area (Å²) in [5.74, 6) is -0.218. The Labute approximate surface area is 151 Å². The summed E-state index contributed by atoms with van der Waals surface area (Å²) in [6.07, 6.45) is 4.62. The fourth-order valence-electron chi connectivity index (χ4n) is 3.42.